The number of nitrogens with zero attached hydrogens (tertiary/aromatic N) is 1. The molecular weight excluding hydrogens is 242 g/mol. The van der Waals surface area contributed by atoms with Gasteiger partial charge in [0, 0.05) is 11.1 Å². The van der Waals surface area contributed by atoms with E-state index < -0.39 is 5.91 Å². The van der Waals surface area contributed by atoms with Gasteiger partial charge in [-0.25, -0.2) is 4.98 Å². The molecule has 2 aliphatic rings. The molecule has 1 aliphatic heterocycles. The Morgan fingerprint density at radius 3 is 2.74 bits per heavy atom. The van der Waals surface area contributed by atoms with Crippen molar-refractivity contribution in [3.05, 3.63) is 42.0 Å². The third-order valence-corrected chi connectivity index (χ3v) is 3.08. The van der Waals surface area contributed by atoms with E-state index in [1.807, 2.05) is 0 Å². The number of hydrogen-bond acceptors (Lipinski definition) is 4. The van der Waals surface area contributed by atoms with E-state index in [-0.39, 0.29) is 5.75 Å². The number of hydrogen-bond donors (Lipinski definition) is 3. The van der Waals surface area contributed by atoms with Gasteiger partial charge in [-0.15, -0.1) is 0 Å². The molecule has 0 spiro atoms. The maximum absolute atomic E-state index is 11.3. The molecule has 0 saturated heterocycles. The number of phenols is 1. The zero-order valence-electron chi connectivity index (χ0n) is 9.92. The van der Waals surface area contributed by atoms with Crippen molar-refractivity contribution < 1.29 is 9.90 Å². The lowest BCUT2D eigenvalue weighted by atomic mass is 10.1. The van der Waals surface area contributed by atoms with Gasteiger partial charge in [0.05, 0.1) is 22.3 Å². The van der Waals surface area contributed by atoms with E-state index in [2.05, 4.69) is 4.98 Å². The number of amides is 1. The van der Waals surface area contributed by atoms with E-state index in [0.29, 0.717) is 27.8 Å². The maximum atomic E-state index is 11.3. The fourth-order valence-corrected chi connectivity index (χ4v) is 2.17. The van der Waals surface area contributed by atoms with Gasteiger partial charge < -0.3 is 16.6 Å². The summed E-state index contributed by atoms with van der Waals surface area (Å²) in [5.41, 5.74) is 13.8. The van der Waals surface area contributed by atoms with Crippen LogP contribution in [0.1, 0.15) is 10.4 Å². The van der Waals surface area contributed by atoms with E-state index in [4.69, 9.17) is 11.5 Å². The molecule has 19 heavy (non-hydrogen) atoms. The Bertz CT molecular complexity index is 783. The Hall–Kier alpha value is -2.82. The number of nitrogens with two attached hydrogens (primary N) is 2. The molecule has 0 saturated carbocycles. The SMILES string of the molecule is NC(=O)c1cccc2c3c(O)ccc(N)c3nc-2c1. The average Bonchev–Trinajstić information content (AvgIpc) is 2.60. The smallest absolute Gasteiger partial charge is 0.248 e. The van der Waals surface area contributed by atoms with Gasteiger partial charge in [0.15, 0.2) is 0 Å². The van der Waals surface area contributed by atoms with Crippen LogP contribution in [0.25, 0.3) is 22.2 Å². The van der Waals surface area contributed by atoms with Crippen molar-refractivity contribution >= 4 is 22.5 Å². The third-order valence-electron chi connectivity index (χ3n) is 3.08. The van der Waals surface area contributed by atoms with E-state index in [1.165, 1.54) is 6.07 Å². The number of aromatic nitrogens is 1. The molecule has 0 fully saturated rings. The number of anilines is 1. The monoisotopic (exact) mass is 253 g/mol. The molecule has 94 valence electrons. The minimum Gasteiger partial charge on any atom is -0.507 e. The highest BCUT2D eigenvalue weighted by atomic mass is 16.3. The van der Waals surface area contributed by atoms with Crippen molar-refractivity contribution in [2.75, 3.05) is 5.73 Å². The summed E-state index contributed by atoms with van der Waals surface area (Å²) in [5, 5.41) is 10.5. The Morgan fingerprint density at radius 1 is 1.21 bits per heavy atom. The Balaban J connectivity index is 2.44. The second kappa shape index (κ2) is 3.84. The molecule has 5 nitrogen and oxygen atoms in total. The molecule has 0 atom stereocenters. The van der Waals surface area contributed by atoms with Gasteiger partial charge in [-0.1, -0.05) is 12.1 Å². The first-order chi connectivity index (χ1) is 9.08. The lowest BCUT2D eigenvalue weighted by molar-refractivity contribution is 0.100. The van der Waals surface area contributed by atoms with Crippen LogP contribution in [-0.4, -0.2) is 16.0 Å². The average molecular weight is 253 g/mol. The van der Waals surface area contributed by atoms with Crippen LogP contribution in [0, 0.1) is 0 Å². The number of benzene rings is 1. The number of phenolic OH excluding ortho intramolecular Hbond substituents is 1. The highest BCUT2D eigenvalue weighted by Crippen LogP contribution is 2.38. The third kappa shape index (κ3) is 1.63. The molecule has 0 aromatic heterocycles. The fourth-order valence-electron chi connectivity index (χ4n) is 2.17. The quantitative estimate of drug-likeness (QED) is 0.454. The topological polar surface area (TPSA) is 102 Å². The van der Waals surface area contributed by atoms with Gasteiger partial charge in [0.2, 0.25) is 5.91 Å². The van der Waals surface area contributed by atoms with Crippen LogP contribution < -0.4 is 11.5 Å². The van der Waals surface area contributed by atoms with Crippen LogP contribution in [-0.2, 0) is 0 Å². The predicted molar refractivity (Wildman–Crippen MR) is 73.0 cm³/mol. The number of carbonyl (C=O) groups excluding carboxylic acids is 1. The van der Waals surface area contributed by atoms with Gasteiger partial charge in [-0.05, 0) is 24.3 Å². The number of primary amides is 1. The van der Waals surface area contributed by atoms with Gasteiger partial charge in [-0.3, -0.25) is 4.79 Å². The summed E-state index contributed by atoms with van der Waals surface area (Å²) in [7, 11) is 0. The van der Waals surface area contributed by atoms with Crippen LogP contribution in [0.2, 0.25) is 0 Å². The molecule has 0 unspecified atom stereocenters. The van der Waals surface area contributed by atoms with Crippen LogP contribution in [0.5, 0.6) is 5.75 Å². The molecule has 1 aromatic rings. The largest absolute Gasteiger partial charge is 0.507 e. The lowest BCUT2D eigenvalue weighted by Gasteiger charge is -1.98. The number of nitrogen functional groups attached to an aromatic ring is 1. The van der Waals surface area contributed by atoms with Crippen LogP contribution in [0.4, 0.5) is 5.69 Å². The zero-order chi connectivity index (χ0) is 13.6. The molecule has 0 radical (unpaired) electrons. The van der Waals surface area contributed by atoms with Gasteiger partial charge in [0.25, 0.3) is 0 Å². The molecule has 1 aliphatic carbocycles. The highest BCUT2D eigenvalue weighted by molar-refractivity contribution is 6.07. The van der Waals surface area contributed by atoms with Crippen LogP contribution >= 0.6 is 0 Å². The lowest BCUT2D eigenvalue weighted by Crippen LogP contribution is -2.09. The van der Waals surface area contributed by atoms with Crippen LogP contribution in [0.15, 0.2) is 36.4 Å². The molecule has 1 aromatic carbocycles. The minimum absolute atomic E-state index is 0.110. The second-order valence-electron chi connectivity index (χ2n) is 4.30. The Labute approximate surface area is 108 Å². The second-order valence-corrected chi connectivity index (χ2v) is 4.30. The molecule has 5 heteroatoms. The molecule has 5 N–H and O–H groups in total. The molecular formula is C14H11N3O2. The number of carbonyl (C=O) groups is 1. The van der Waals surface area contributed by atoms with E-state index in [9.17, 15) is 9.90 Å². The highest BCUT2D eigenvalue weighted by Gasteiger charge is 2.17. The van der Waals surface area contributed by atoms with Crippen molar-refractivity contribution in [3.8, 4) is 17.0 Å². The van der Waals surface area contributed by atoms with Gasteiger partial charge in [-0.2, -0.15) is 0 Å². The standard InChI is InChI=1S/C14H11N3O2/c15-9-4-5-11(18)12-8-3-1-2-7(14(16)19)6-10(8)17-13(9)12/h1-6,18H,15H2,(H2,16,19). The van der Waals surface area contributed by atoms with Crippen molar-refractivity contribution in [2.45, 2.75) is 0 Å². The molecule has 0 bridgehead atoms. The number of rotatable bonds is 1. The Morgan fingerprint density at radius 2 is 2.00 bits per heavy atom. The van der Waals surface area contributed by atoms with Crippen molar-refractivity contribution in [2.24, 2.45) is 5.73 Å². The molecule has 3 rings (SSSR count). The van der Waals surface area contributed by atoms with Crippen molar-refractivity contribution in [3.63, 3.8) is 0 Å². The summed E-state index contributed by atoms with van der Waals surface area (Å²) in [4.78, 5) is 15.6. The summed E-state index contributed by atoms with van der Waals surface area (Å²) < 4.78 is 0. The van der Waals surface area contributed by atoms with Gasteiger partial charge in [0.1, 0.15) is 5.75 Å². The van der Waals surface area contributed by atoms with Gasteiger partial charge >= 0.3 is 0 Å². The first-order valence-electron chi connectivity index (χ1n) is 5.68. The fraction of sp³-hybridized carbons (Fsp3) is 0. The normalized spacial score (nSPS) is 10.9. The Kier molecular flexibility index (Phi) is 2.28. The zero-order valence-corrected chi connectivity index (χ0v) is 9.92. The minimum atomic E-state index is -0.526. The van der Waals surface area contributed by atoms with Crippen molar-refractivity contribution in [1.82, 2.24) is 4.98 Å². The first-order valence-corrected chi connectivity index (χ1v) is 5.68. The van der Waals surface area contributed by atoms with Crippen LogP contribution in [0.3, 0.4) is 0 Å². The molecule has 1 amide bonds. The van der Waals surface area contributed by atoms with Crippen molar-refractivity contribution in [1.29, 1.82) is 0 Å². The maximum Gasteiger partial charge on any atom is 0.248 e. The van der Waals surface area contributed by atoms with E-state index >= 15 is 0 Å². The predicted octanol–water partition coefficient (Wildman–Crippen LogP) is 1.73. The van der Waals surface area contributed by atoms with E-state index in [1.54, 1.807) is 30.3 Å². The van der Waals surface area contributed by atoms with E-state index in [0.717, 1.165) is 5.56 Å². The molecule has 1 heterocycles. The summed E-state index contributed by atoms with van der Waals surface area (Å²) in [6.07, 6.45) is 0. The summed E-state index contributed by atoms with van der Waals surface area (Å²) in [6.45, 7) is 0. The summed E-state index contributed by atoms with van der Waals surface area (Å²) in [5.74, 6) is -0.416. The summed E-state index contributed by atoms with van der Waals surface area (Å²) >= 11 is 0. The first kappa shape index (κ1) is 11.3. The number of fused-ring (bicyclic) bond motifs is 3. The summed E-state index contributed by atoms with van der Waals surface area (Å²) in [6, 6.07) is 9.80. The number of aromatic hydroxyl groups is 1.